The fraction of sp³-hybridized carbons (Fsp3) is 0.323. The first-order valence-electron chi connectivity index (χ1n) is 13.4. The molecule has 3 aromatic carbocycles. The minimum absolute atomic E-state index is 0.0409. The van der Waals surface area contributed by atoms with Crippen LogP contribution in [0, 0.1) is 12.7 Å². The topological polar surface area (TPSA) is 117 Å². The van der Waals surface area contributed by atoms with Crippen molar-refractivity contribution in [3.63, 3.8) is 0 Å². The van der Waals surface area contributed by atoms with Crippen LogP contribution >= 0.6 is 23.2 Å². The van der Waals surface area contributed by atoms with E-state index in [2.05, 4.69) is 16.0 Å². The molecule has 0 aliphatic carbocycles. The van der Waals surface area contributed by atoms with Gasteiger partial charge in [0.15, 0.2) is 5.60 Å². The van der Waals surface area contributed by atoms with Crippen molar-refractivity contribution in [1.82, 2.24) is 10.6 Å². The summed E-state index contributed by atoms with van der Waals surface area (Å²) in [4.78, 5) is 40.7. The molecule has 0 aromatic heterocycles. The van der Waals surface area contributed by atoms with Crippen molar-refractivity contribution >= 4 is 46.6 Å². The van der Waals surface area contributed by atoms with Crippen LogP contribution in [-0.2, 0) is 19.8 Å². The maximum atomic E-state index is 14.7. The fourth-order valence-corrected chi connectivity index (χ4v) is 6.38. The first kappa shape index (κ1) is 29.8. The molecule has 3 aromatic rings. The summed E-state index contributed by atoms with van der Waals surface area (Å²) in [6, 6.07) is 13.1. The molecule has 220 valence electrons. The number of aliphatic hydroxyl groups excluding tert-OH is 1. The molecule has 8 nitrogen and oxygen atoms in total. The van der Waals surface area contributed by atoms with Crippen LogP contribution in [0.15, 0.2) is 54.6 Å². The van der Waals surface area contributed by atoms with E-state index in [-0.39, 0.29) is 31.2 Å². The second-order valence-electron chi connectivity index (χ2n) is 11.0. The van der Waals surface area contributed by atoms with Crippen LogP contribution in [0.1, 0.15) is 54.5 Å². The summed E-state index contributed by atoms with van der Waals surface area (Å²) in [5.41, 5.74) is -0.275. The van der Waals surface area contributed by atoms with Crippen LogP contribution in [0.4, 0.5) is 10.1 Å². The standard InChI is InChI=1S/C31H30Cl2FN3O5/c1-16-4-7-19(34)14-20(16)27-31(22-8-5-18(33)13-24(22)36-29(31)41)23(15-26(39)37-27)21-12-17(32)6-9-25(21)42-30(2,3)28(40)35-10-11-38/h4-9,12-14,23,27,38H,10-11,15H2,1-3H3,(H,35,40)(H,36,41)(H,37,39)/t23-,27+,31-/m1/s1. The van der Waals surface area contributed by atoms with Gasteiger partial charge in [-0.3, -0.25) is 14.4 Å². The highest BCUT2D eigenvalue weighted by atomic mass is 35.5. The molecule has 2 aliphatic heterocycles. The number of benzene rings is 3. The van der Waals surface area contributed by atoms with E-state index in [4.69, 9.17) is 33.0 Å². The summed E-state index contributed by atoms with van der Waals surface area (Å²) in [5.74, 6) is -2.37. The molecule has 11 heteroatoms. The van der Waals surface area contributed by atoms with E-state index < -0.39 is 40.6 Å². The van der Waals surface area contributed by atoms with Gasteiger partial charge in [0.25, 0.3) is 5.91 Å². The summed E-state index contributed by atoms with van der Waals surface area (Å²) < 4.78 is 21.0. The van der Waals surface area contributed by atoms with Crippen molar-refractivity contribution in [2.24, 2.45) is 0 Å². The Hall–Kier alpha value is -3.66. The number of hydrogen-bond donors (Lipinski definition) is 4. The lowest BCUT2D eigenvalue weighted by Crippen LogP contribution is -2.57. The van der Waals surface area contributed by atoms with Gasteiger partial charge < -0.3 is 25.8 Å². The van der Waals surface area contributed by atoms with Crippen molar-refractivity contribution in [3.05, 3.63) is 92.7 Å². The van der Waals surface area contributed by atoms with Crippen molar-refractivity contribution in [2.75, 3.05) is 18.5 Å². The highest BCUT2D eigenvalue weighted by Gasteiger charge is 2.62. The lowest BCUT2D eigenvalue weighted by atomic mass is 9.59. The summed E-state index contributed by atoms with van der Waals surface area (Å²) >= 11 is 12.8. The third-order valence-corrected chi connectivity index (χ3v) is 8.43. The Morgan fingerprint density at radius 3 is 2.55 bits per heavy atom. The van der Waals surface area contributed by atoms with Gasteiger partial charge in [0.1, 0.15) is 17.0 Å². The SMILES string of the molecule is Cc1ccc(F)cc1[C@@H]1NC(=O)C[C@H](c2cc(Cl)ccc2OC(C)(C)C(=O)NCCO)[C@@]12C(=O)Nc1cc(Cl)ccc12. The number of aliphatic hydroxyl groups is 1. The molecule has 42 heavy (non-hydrogen) atoms. The Morgan fingerprint density at radius 1 is 1.10 bits per heavy atom. The third-order valence-electron chi connectivity index (χ3n) is 7.96. The maximum Gasteiger partial charge on any atom is 0.263 e. The number of amides is 3. The zero-order valence-electron chi connectivity index (χ0n) is 23.2. The highest BCUT2D eigenvalue weighted by molar-refractivity contribution is 6.31. The van der Waals surface area contributed by atoms with Gasteiger partial charge in [-0.2, -0.15) is 0 Å². The van der Waals surface area contributed by atoms with Gasteiger partial charge >= 0.3 is 0 Å². The van der Waals surface area contributed by atoms with Crippen molar-refractivity contribution in [2.45, 2.75) is 50.2 Å². The number of carbonyl (C=O) groups excluding carboxylic acids is 3. The minimum Gasteiger partial charge on any atom is -0.478 e. The predicted octanol–water partition coefficient (Wildman–Crippen LogP) is 4.94. The molecule has 2 aliphatic rings. The monoisotopic (exact) mass is 613 g/mol. The average Bonchev–Trinajstić information content (AvgIpc) is 3.21. The molecule has 3 atom stereocenters. The summed E-state index contributed by atoms with van der Waals surface area (Å²) in [6.45, 7) is 4.72. The Morgan fingerprint density at radius 2 is 1.81 bits per heavy atom. The van der Waals surface area contributed by atoms with E-state index in [1.54, 1.807) is 63.2 Å². The van der Waals surface area contributed by atoms with Crippen molar-refractivity contribution in [3.8, 4) is 5.75 Å². The average molecular weight is 615 g/mol. The number of rotatable bonds is 7. The van der Waals surface area contributed by atoms with Crippen LogP contribution < -0.4 is 20.7 Å². The first-order valence-corrected chi connectivity index (χ1v) is 14.2. The predicted molar refractivity (Wildman–Crippen MR) is 157 cm³/mol. The summed E-state index contributed by atoms with van der Waals surface area (Å²) in [5, 5.41) is 18.4. The van der Waals surface area contributed by atoms with E-state index in [9.17, 15) is 18.8 Å². The van der Waals surface area contributed by atoms with E-state index in [1.807, 2.05) is 0 Å². The van der Waals surface area contributed by atoms with Crippen LogP contribution in [0.2, 0.25) is 10.0 Å². The quantitative estimate of drug-likeness (QED) is 0.301. The molecule has 0 unspecified atom stereocenters. The number of halogens is 3. The lowest BCUT2D eigenvalue weighted by Gasteiger charge is -2.47. The van der Waals surface area contributed by atoms with Crippen LogP contribution in [0.3, 0.4) is 0 Å². The lowest BCUT2D eigenvalue weighted by molar-refractivity contribution is -0.135. The smallest absolute Gasteiger partial charge is 0.263 e. The van der Waals surface area contributed by atoms with Crippen LogP contribution in [0.5, 0.6) is 5.75 Å². The number of aryl methyl sites for hydroxylation is 1. The van der Waals surface area contributed by atoms with Crippen LogP contribution in [0.25, 0.3) is 0 Å². The van der Waals surface area contributed by atoms with E-state index in [0.29, 0.717) is 38.0 Å². The number of ether oxygens (including phenoxy) is 1. The Labute approximate surface area is 252 Å². The number of hydrogen-bond acceptors (Lipinski definition) is 5. The number of anilines is 1. The van der Waals surface area contributed by atoms with E-state index in [0.717, 1.165) is 0 Å². The zero-order chi connectivity index (χ0) is 30.4. The van der Waals surface area contributed by atoms with E-state index >= 15 is 0 Å². The fourth-order valence-electron chi connectivity index (χ4n) is 6.03. The molecule has 0 saturated carbocycles. The molecule has 4 N–H and O–H groups in total. The molecule has 2 heterocycles. The first-order chi connectivity index (χ1) is 19.9. The highest BCUT2D eigenvalue weighted by Crippen LogP contribution is 2.59. The second kappa shape index (κ2) is 11.2. The Balaban J connectivity index is 1.75. The van der Waals surface area contributed by atoms with E-state index in [1.165, 1.54) is 12.1 Å². The van der Waals surface area contributed by atoms with Crippen LogP contribution in [-0.4, -0.2) is 41.6 Å². The largest absolute Gasteiger partial charge is 0.478 e. The molecule has 1 spiro atoms. The molecular weight excluding hydrogens is 584 g/mol. The van der Waals surface area contributed by atoms with Gasteiger partial charge in [0, 0.05) is 40.2 Å². The van der Waals surface area contributed by atoms with Crippen molar-refractivity contribution < 1.29 is 28.6 Å². The number of fused-ring (bicyclic) bond motifs is 2. The normalized spacial score (nSPS) is 21.5. The number of piperidine rings is 1. The molecular formula is C31H30Cl2FN3O5. The van der Waals surface area contributed by atoms with Gasteiger partial charge in [-0.05, 0) is 79.9 Å². The minimum atomic E-state index is -1.47. The van der Waals surface area contributed by atoms with Crippen molar-refractivity contribution in [1.29, 1.82) is 0 Å². The zero-order valence-corrected chi connectivity index (χ0v) is 24.7. The molecule has 1 fully saturated rings. The third kappa shape index (κ3) is 5.10. The van der Waals surface area contributed by atoms with Gasteiger partial charge in [0.2, 0.25) is 11.8 Å². The Bertz CT molecular complexity index is 1600. The summed E-state index contributed by atoms with van der Waals surface area (Å²) in [6.07, 6.45) is -0.131. The van der Waals surface area contributed by atoms with Gasteiger partial charge in [-0.15, -0.1) is 0 Å². The number of carbonyl (C=O) groups is 3. The number of nitrogens with one attached hydrogen (secondary N) is 3. The van der Waals surface area contributed by atoms with Gasteiger partial charge in [-0.25, -0.2) is 4.39 Å². The molecule has 0 bridgehead atoms. The Kier molecular flexibility index (Phi) is 7.96. The molecule has 0 radical (unpaired) electrons. The van der Waals surface area contributed by atoms with Gasteiger partial charge in [0.05, 0.1) is 12.6 Å². The molecule has 3 amide bonds. The maximum absolute atomic E-state index is 14.7. The molecule has 5 rings (SSSR count). The summed E-state index contributed by atoms with van der Waals surface area (Å²) in [7, 11) is 0. The molecule has 1 saturated heterocycles. The van der Waals surface area contributed by atoms with Gasteiger partial charge in [-0.1, -0.05) is 35.3 Å². The second-order valence-corrected chi connectivity index (χ2v) is 11.9.